The van der Waals surface area contributed by atoms with E-state index in [1.165, 1.54) is 33.8 Å². The van der Waals surface area contributed by atoms with Gasteiger partial charge in [-0.15, -0.1) is 22.7 Å². The third kappa shape index (κ3) is 4.27. The van der Waals surface area contributed by atoms with Crippen molar-refractivity contribution in [3.05, 3.63) is 57.4 Å². The highest BCUT2D eigenvalue weighted by molar-refractivity contribution is 7.21. The molecule has 3 aromatic heterocycles. The number of rotatable bonds is 3. The van der Waals surface area contributed by atoms with Crippen LogP contribution in [-0.2, 0) is 12.8 Å². The first kappa shape index (κ1) is 22.0. The molecule has 5 nitrogen and oxygen atoms in total. The van der Waals surface area contributed by atoms with E-state index < -0.39 is 0 Å². The SMILES string of the molecule is Cc1ccc(-c2csc(NC(=O)c3sc4nc5c(cc4c3N)CC(C(C)(C)C)CC5)n2)cc1. The summed E-state index contributed by atoms with van der Waals surface area (Å²) in [5.41, 5.74) is 12.7. The lowest BCUT2D eigenvalue weighted by Gasteiger charge is -2.34. The van der Waals surface area contributed by atoms with Crippen LogP contribution in [0.3, 0.4) is 0 Å². The van der Waals surface area contributed by atoms with Crippen LogP contribution in [0.15, 0.2) is 35.7 Å². The van der Waals surface area contributed by atoms with Crippen LogP contribution < -0.4 is 11.1 Å². The number of anilines is 2. The topological polar surface area (TPSA) is 80.9 Å². The molecule has 170 valence electrons. The molecule has 0 spiro atoms. The maximum atomic E-state index is 13.1. The van der Waals surface area contributed by atoms with Gasteiger partial charge in [-0.1, -0.05) is 50.6 Å². The van der Waals surface area contributed by atoms with Crippen LogP contribution in [-0.4, -0.2) is 15.9 Å². The summed E-state index contributed by atoms with van der Waals surface area (Å²) in [5, 5.41) is 6.33. The van der Waals surface area contributed by atoms with Gasteiger partial charge in [-0.2, -0.15) is 0 Å². The van der Waals surface area contributed by atoms with Crippen molar-refractivity contribution in [2.75, 3.05) is 11.1 Å². The lowest BCUT2D eigenvalue weighted by atomic mass is 9.71. The van der Waals surface area contributed by atoms with E-state index in [0.29, 0.717) is 21.6 Å². The number of thiophene rings is 1. The predicted molar refractivity (Wildman–Crippen MR) is 139 cm³/mol. The highest BCUT2D eigenvalue weighted by Gasteiger charge is 2.30. The molecule has 5 rings (SSSR count). The van der Waals surface area contributed by atoms with Gasteiger partial charge in [-0.3, -0.25) is 10.1 Å². The summed E-state index contributed by atoms with van der Waals surface area (Å²) in [5.74, 6) is 0.394. The summed E-state index contributed by atoms with van der Waals surface area (Å²) in [6.07, 6.45) is 3.14. The van der Waals surface area contributed by atoms with E-state index >= 15 is 0 Å². The van der Waals surface area contributed by atoms with Crippen LogP contribution in [0, 0.1) is 18.3 Å². The zero-order valence-electron chi connectivity index (χ0n) is 19.4. The molecule has 4 aromatic rings. The van der Waals surface area contributed by atoms with Gasteiger partial charge in [0.2, 0.25) is 0 Å². The molecule has 1 aliphatic rings. The predicted octanol–water partition coefficient (Wildman–Crippen LogP) is 6.71. The number of fused-ring (bicyclic) bond motifs is 2. The number of nitrogens with two attached hydrogens (primary N) is 1. The van der Waals surface area contributed by atoms with E-state index in [4.69, 9.17) is 10.7 Å². The van der Waals surface area contributed by atoms with Crippen molar-refractivity contribution in [3.63, 3.8) is 0 Å². The summed E-state index contributed by atoms with van der Waals surface area (Å²) in [6, 6.07) is 10.4. The van der Waals surface area contributed by atoms with Crippen LogP contribution in [0.5, 0.6) is 0 Å². The first-order valence-corrected chi connectivity index (χ1v) is 12.9. The van der Waals surface area contributed by atoms with Gasteiger partial charge in [0.1, 0.15) is 9.71 Å². The summed E-state index contributed by atoms with van der Waals surface area (Å²) >= 11 is 2.78. The number of carbonyl (C=O) groups is 1. The van der Waals surface area contributed by atoms with E-state index in [1.807, 2.05) is 17.5 Å². The number of pyridine rings is 1. The number of amides is 1. The molecule has 0 saturated carbocycles. The largest absolute Gasteiger partial charge is 0.397 e. The number of aromatic nitrogens is 2. The Kier molecular flexibility index (Phi) is 5.49. The minimum Gasteiger partial charge on any atom is -0.397 e. The second kappa shape index (κ2) is 8.22. The second-order valence-electron chi connectivity index (χ2n) is 9.96. The zero-order valence-corrected chi connectivity index (χ0v) is 21.0. The summed E-state index contributed by atoms with van der Waals surface area (Å²) < 4.78 is 0. The number of nitrogens with one attached hydrogen (secondary N) is 1. The maximum absolute atomic E-state index is 13.1. The Morgan fingerprint density at radius 3 is 2.67 bits per heavy atom. The molecule has 3 N–H and O–H groups in total. The van der Waals surface area contributed by atoms with Gasteiger partial charge in [-0.25, -0.2) is 9.97 Å². The van der Waals surface area contributed by atoms with Gasteiger partial charge >= 0.3 is 0 Å². The van der Waals surface area contributed by atoms with Crippen molar-refractivity contribution in [1.82, 2.24) is 9.97 Å². The summed E-state index contributed by atoms with van der Waals surface area (Å²) in [4.78, 5) is 23.9. The van der Waals surface area contributed by atoms with E-state index in [9.17, 15) is 4.79 Å². The minimum absolute atomic E-state index is 0.231. The molecule has 1 aliphatic carbocycles. The van der Waals surface area contributed by atoms with Crippen molar-refractivity contribution in [3.8, 4) is 11.3 Å². The van der Waals surface area contributed by atoms with E-state index in [1.54, 1.807) is 0 Å². The van der Waals surface area contributed by atoms with E-state index in [-0.39, 0.29) is 11.3 Å². The Morgan fingerprint density at radius 2 is 1.94 bits per heavy atom. The second-order valence-corrected chi connectivity index (χ2v) is 11.8. The lowest BCUT2D eigenvalue weighted by Crippen LogP contribution is -2.27. The fraction of sp³-hybridized carbons (Fsp3) is 0.346. The first-order chi connectivity index (χ1) is 15.7. The Morgan fingerprint density at radius 1 is 1.18 bits per heavy atom. The quantitative estimate of drug-likeness (QED) is 0.344. The molecule has 0 saturated heterocycles. The van der Waals surface area contributed by atoms with Gasteiger partial charge in [-0.05, 0) is 49.1 Å². The molecule has 1 atom stereocenters. The number of hydrogen-bond acceptors (Lipinski definition) is 6. The molecule has 0 aliphatic heterocycles. The molecule has 3 heterocycles. The van der Waals surface area contributed by atoms with Crippen LogP contribution in [0.4, 0.5) is 10.8 Å². The number of carbonyl (C=O) groups excluding carboxylic acids is 1. The summed E-state index contributed by atoms with van der Waals surface area (Å²) in [6.45, 7) is 8.97. The summed E-state index contributed by atoms with van der Waals surface area (Å²) in [7, 11) is 0. The van der Waals surface area contributed by atoms with Crippen molar-refractivity contribution in [2.45, 2.75) is 47.0 Å². The third-order valence-electron chi connectivity index (χ3n) is 6.59. The smallest absolute Gasteiger partial charge is 0.269 e. The van der Waals surface area contributed by atoms with Crippen LogP contribution >= 0.6 is 22.7 Å². The first-order valence-electron chi connectivity index (χ1n) is 11.2. The van der Waals surface area contributed by atoms with E-state index in [2.05, 4.69) is 56.2 Å². The van der Waals surface area contributed by atoms with Crippen molar-refractivity contribution in [2.24, 2.45) is 11.3 Å². The van der Waals surface area contributed by atoms with Gasteiger partial charge in [0.05, 0.1) is 11.4 Å². The van der Waals surface area contributed by atoms with Gasteiger partial charge < -0.3 is 5.73 Å². The fourth-order valence-electron chi connectivity index (χ4n) is 4.44. The maximum Gasteiger partial charge on any atom is 0.269 e. The highest BCUT2D eigenvalue weighted by atomic mass is 32.1. The van der Waals surface area contributed by atoms with Gasteiger partial charge in [0.25, 0.3) is 5.91 Å². The average molecular weight is 477 g/mol. The number of thiazole rings is 1. The highest BCUT2D eigenvalue weighted by Crippen LogP contribution is 2.40. The Hall–Kier alpha value is -2.77. The number of nitrogen functional groups attached to an aromatic ring is 1. The van der Waals surface area contributed by atoms with Crippen molar-refractivity contribution < 1.29 is 4.79 Å². The molecule has 33 heavy (non-hydrogen) atoms. The average Bonchev–Trinajstić information content (AvgIpc) is 3.36. The lowest BCUT2D eigenvalue weighted by molar-refractivity contribution is 0.103. The number of nitrogens with zero attached hydrogens (tertiary/aromatic N) is 2. The molecule has 0 radical (unpaired) electrons. The zero-order chi connectivity index (χ0) is 23.3. The van der Waals surface area contributed by atoms with Crippen LogP contribution in [0.1, 0.15) is 53.7 Å². The molecular formula is C26H28N4OS2. The molecular weight excluding hydrogens is 448 g/mol. The Labute approximate surface area is 202 Å². The van der Waals surface area contributed by atoms with Crippen molar-refractivity contribution >= 4 is 49.6 Å². The number of hydrogen-bond donors (Lipinski definition) is 2. The number of benzene rings is 1. The molecule has 0 fully saturated rings. The normalized spacial score (nSPS) is 16.1. The third-order valence-corrected chi connectivity index (χ3v) is 8.46. The van der Waals surface area contributed by atoms with Gasteiger partial charge in [0, 0.05) is 22.0 Å². The Bertz CT molecular complexity index is 1350. The molecule has 1 amide bonds. The number of aryl methyl sites for hydroxylation is 2. The standard InChI is InChI=1S/C26H28N4OS2/c1-14-5-7-15(8-6-14)20-13-32-25(29-20)30-23(31)22-21(27)18-12-16-11-17(26(2,3)4)9-10-19(16)28-24(18)33-22/h5-8,12-13,17H,9-11,27H2,1-4H3,(H,29,30,31). The Balaban J connectivity index is 1.39. The molecule has 1 unspecified atom stereocenters. The van der Waals surface area contributed by atoms with Crippen molar-refractivity contribution in [1.29, 1.82) is 0 Å². The van der Waals surface area contributed by atoms with E-state index in [0.717, 1.165) is 46.4 Å². The van der Waals surface area contributed by atoms with Gasteiger partial charge in [0.15, 0.2) is 5.13 Å². The van der Waals surface area contributed by atoms with Crippen LogP contribution in [0.2, 0.25) is 0 Å². The molecule has 7 heteroatoms. The van der Waals surface area contributed by atoms with Crippen LogP contribution in [0.25, 0.3) is 21.5 Å². The molecule has 1 aromatic carbocycles. The molecule has 0 bridgehead atoms. The fourth-order valence-corrected chi connectivity index (χ4v) is 6.15. The minimum atomic E-state index is -0.231. The monoisotopic (exact) mass is 476 g/mol.